The molecule has 1 unspecified atom stereocenters. The average Bonchev–Trinajstić information content (AvgIpc) is 2.42. The van der Waals surface area contributed by atoms with E-state index in [-0.39, 0.29) is 10.6 Å². The Morgan fingerprint density at radius 2 is 2.05 bits per heavy atom. The van der Waals surface area contributed by atoms with Gasteiger partial charge in [-0.05, 0) is 25.8 Å². The molecule has 0 radical (unpaired) electrons. The topological polar surface area (TPSA) is 55.2 Å². The Kier molecular flexibility index (Phi) is 7.23. The molecule has 4 heteroatoms. The summed E-state index contributed by atoms with van der Waals surface area (Å²) in [5.74, 6) is 0. The molecule has 4 nitrogen and oxygen atoms in total. The number of aryl methyl sites for hydroxylation is 1. The van der Waals surface area contributed by atoms with Crippen molar-refractivity contribution in [1.82, 2.24) is 5.32 Å². The van der Waals surface area contributed by atoms with Crippen molar-refractivity contribution >= 4 is 5.69 Å². The van der Waals surface area contributed by atoms with Crippen molar-refractivity contribution in [2.24, 2.45) is 0 Å². The molecule has 0 saturated heterocycles. The number of nitrogens with zero attached hydrogens (tertiary/aromatic N) is 1. The first-order valence-electron chi connectivity index (χ1n) is 7.52. The fourth-order valence-corrected chi connectivity index (χ4v) is 2.23. The second-order valence-electron chi connectivity index (χ2n) is 5.51. The number of unbranched alkanes of at least 4 members (excludes halogenated alkanes) is 3. The molecule has 0 spiro atoms. The van der Waals surface area contributed by atoms with Crippen LogP contribution in [0.4, 0.5) is 5.69 Å². The van der Waals surface area contributed by atoms with Gasteiger partial charge in [-0.15, -0.1) is 0 Å². The predicted molar refractivity (Wildman–Crippen MR) is 82.9 cm³/mol. The third-order valence-electron chi connectivity index (χ3n) is 3.62. The van der Waals surface area contributed by atoms with Crippen LogP contribution >= 0.6 is 0 Å². The molecule has 1 atom stereocenters. The number of nitro benzene ring substituents is 1. The maximum Gasteiger partial charge on any atom is 0.272 e. The van der Waals surface area contributed by atoms with E-state index in [1.54, 1.807) is 13.0 Å². The largest absolute Gasteiger partial charge is 0.310 e. The summed E-state index contributed by atoms with van der Waals surface area (Å²) in [5.41, 5.74) is 1.90. The Bertz CT molecular complexity index is 432. The SMILES string of the molecule is CCCCCCC(C)NCc1ccc(C)c([N+](=O)[O-])c1. The number of hydrogen-bond donors (Lipinski definition) is 1. The van der Waals surface area contributed by atoms with Gasteiger partial charge in [0.05, 0.1) is 4.92 Å². The highest BCUT2D eigenvalue weighted by Gasteiger charge is 2.11. The van der Waals surface area contributed by atoms with E-state index in [4.69, 9.17) is 0 Å². The first kappa shape index (κ1) is 16.6. The van der Waals surface area contributed by atoms with Crippen LogP contribution in [-0.2, 0) is 6.54 Å². The summed E-state index contributed by atoms with van der Waals surface area (Å²) in [6, 6.07) is 5.90. The zero-order valence-electron chi connectivity index (χ0n) is 12.8. The van der Waals surface area contributed by atoms with Crippen molar-refractivity contribution in [2.75, 3.05) is 0 Å². The summed E-state index contributed by atoms with van der Waals surface area (Å²) in [6.45, 7) is 6.85. The van der Waals surface area contributed by atoms with Gasteiger partial charge < -0.3 is 5.32 Å². The minimum atomic E-state index is -0.312. The third kappa shape index (κ3) is 5.70. The van der Waals surface area contributed by atoms with Crippen molar-refractivity contribution in [3.8, 4) is 0 Å². The van der Waals surface area contributed by atoms with Crippen LogP contribution in [0.5, 0.6) is 0 Å². The number of hydrogen-bond acceptors (Lipinski definition) is 3. The molecule has 20 heavy (non-hydrogen) atoms. The second-order valence-corrected chi connectivity index (χ2v) is 5.51. The molecule has 1 rings (SSSR count). The highest BCUT2D eigenvalue weighted by molar-refractivity contribution is 5.42. The molecule has 0 aliphatic heterocycles. The van der Waals surface area contributed by atoms with Crippen LogP contribution in [0.3, 0.4) is 0 Å². The molecule has 1 N–H and O–H groups in total. The molecular weight excluding hydrogens is 252 g/mol. The van der Waals surface area contributed by atoms with Gasteiger partial charge in [0, 0.05) is 24.2 Å². The van der Waals surface area contributed by atoms with E-state index in [0.717, 1.165) is 12.0 Å². The minimum absolute atomic E-state index is 0.208. The molecular formula is C16H26N2O2. The molecule has 1 aromatic carbocycles. The normalized spacial score (nSPS) is 12.3. The maximum absolute atomic E-state index is 10.9. The standard InChI is InChI=1S/C16H26N2O2/c1-4-5-6-7-8-14(3)17-12-15-10-9-13(2)16(11-15)18(19)20/h9-11,14,17H,4-8,12H2,1-3H3. The maximum atomic E-state index is 10.9. The molecule has 112 valence electrons. The van der Waals surface area contributed by atoms with Gasteiger partial charge in [-0.3, -0.25) is 10.1 Å². The predicted octanol–water partition coefficient (Wildman–Crippen LogP) is 4.35. The zero-order chi connectivity index (χ0) is 15.0. The highest BCUT2D eigenvalue weighted by atomic mass is 16.6. The van der Waals surface area contributed by atoms with Crippen LogP contribution in [-0.4, -0.2) is 11.0 Å². The van der Waals surface area contributed by atoms with Gasteiger partial charge in [-0.25, -0.2) is 0 Å². The number of benzene rings is 1. The summed E-state index contributed by atoms with van der Waals surface area (Å²) in [5, 5.41) is 14.3. The van der Waals surface area contributed by atoms with Crippen molar-refractivity contribution in [3.63, 3.8) is 0 Å². The van der Waals surface area contributed by atoms with Gasteiger partial charge in [0.1, 0.15) is 0 Å². The van der Waals surface area contributed by atoms with E-state index in [1.807, 2.05) is 12.1 Å². The first-order chi connectivity index (χ1) is 9.54. The lowest BCUT2D eigenvalue weighted by Crippen LogP contribution is -2.25. The van der Waals surface area contributed by atoms with E-state index in [2.05, 4.69) is 19.2 Å². The summed E-state index contributed by atoms with van der Waals surface area (Å²) in [7, 11) is 0. The molecule has 0 amide bonds. The summed E-state index contributed by atoms with van der Waals surface area (Å²) in [6.07, 6.45) is 6.26. The second kappa shape index (κ2) is 8.69. The van der Waals surface area contributed by atoms with Crippen molar-refractivity contribution in [1.29, 1.82) is 0 Å². The Balaban J connectivity index is 2.41. The first-order valence-corrected chi connectivity index (χ1v) is 7.52. The van der Waals surface area contributed by atoms with Gasteiger partial charge in [0.2, 0.25) is 0 Å². The lowest BCUT2D eigenvalue weighted by molar-refractivity contribution is -0.385. The summed E-state index contributed by atoms with van der Waals surface area (Å²) < 4.78 is 0. The van der Waals surface area contributed by atoms with Crippen LogP contribution in [0.2, 0.25) is 0 Å². The lowest BCUT2D eigenvalue weighted by atomic mass is 10.1. The average molecular weight is 278 g/mol. The van der Waals surface area contributed by atoms with Gasteiger partial charge in [0.25, 0.3) is 5.69 Å². The Hall–Kier alpha value is -1.42. The van der Waals surface area contributed by atoms with E-state index in [9.17, 15) is 10.1 Å². The highest BCUT2D eigenvalue weighted by Crippen LogP contribution is 2.19. The molecule has 0 heterocycles. The van der Waals surface area contributed by atoms with Gasteiger partial charge in [-0.2, -0.15) is 0 Å². The molecule has 0 fully saturated rings. The molecule has 0 aromatic heterocycles. The van der Waals surface area contributed by atoms with Gasteiger partial charge >= 0.3 is 0 Å². The third-order valence-corrected chi connectivity index (χ3v) is 3.62. The van der Waals surface area contributed by atoms with E-state index in [0.29, 0.717) is 18.2 Å². The van der Waals surface area contributed by atoms with Crippen LogP contribution in [0.15, 0.2) is 18.2 Å². The number of rotatable bonds is 9. The Morgan fingerprint density at radius 3 is 2.70 bits per heavy atom. The molecule has 0 saturated carbocycles. The monoisotopic (exact) mass is 278 g/mol. The Morgan fingerprint density at radius 1 is 1.30 bits per heavy atom. The Labute approximate surface area is 121 Å². The van der Waals surface area contributed by atoms with Crippen LogP contribution in [0, 0.1) is 17.0 Å². The fraction of sp³-hybridized carbons (Fsp3) is 0.625. The quantitative estimate of drug-likeness (QED) is 0.415. The summed E-state index contributed by atoms with van der Waals surface area (Å²) in [4.78, 5) is 10.6. The van der Waals surface area contributed by atoms with Crippen molar-refractivity contribution in [2.45, 2.75) is 65.5 Å². The van der Waals surface area contributed by atoms with Crippen LogP contribution in [0.25, 0.3) is 0 Å². The summed E-state index contributed by atoms with van der Waals surface area (Å²) >= 11 is 0. The van der Waals surface area contributed by atoms with E-state index in [1.165, 1.54) is 25.7 Å². The van der Waals surface area contributed by atoms with Crippen LogP contribution < -0.4 is 5.32 Å². The van der Waals surface area contributed by atoms with Gasteiger partial charge in [0.15, 0.2) is 0 Å². The molecule has 0 aliphatic rings. The number of nitrogens with one attached hydrogen (secondary N) is 1. The number of nitro groups is 1. The van der Waals surface area contributed by atoms with E-state index < -0.39 is 0 Å². The molecule has 1 aromatic rings. The minimum Gasteiger partial charge on any atom is -0.310 e. The fourth-order valence-electron chi connectivity index (χ4n) is 2.23. The molecule has 0 bridgehead atoms. The van der Waals surface area contributed by atoms with Crippen LogP contribution in [0.1, 0.15) is 57.1 Å². The van der Waals surface area contributed by atoms with Crippen molar-refractivity contribution in [3.05, 3.63) is 39.4 Å². The lowest BCUT2D eigenvalue weighted by Gasteiger charge is -2.13. The zero-order valence-corrected chi connectivity index (χ0v) is 12.8. The molecule has 0 aliphatic carbocycles. The van der Waals surface area contributed by atoms with Gasteiger partial charge in [-0.1, -0.05) is 44.7 Å². The van der Waals surface area contributed by atoms with Crippen molar-refractivity contribution < 1.29 is 4.92 Å². The smallest absolute Gasteiger partial charge is 0.272 e. The van der Waals surface area contributed by atoms with E-state index >= 15 is 0 Å².